The monoisotopic (exact) mass is 396 g/mol. The van der Waals surface area contributed by atoms with Crippen molar-refractivity contribution in [2.24, 2.45) is 0 Å². The first kappa shape index (κ1) is 19.9. The summed E-state index contributed by atoms with van der Waals surface area (Å²) < 4.78 is 7.90. The van der Waals surface area contributed by atoms with Gasteiger partial charge in [0.2, 0.25) is 5.91 Å². The van der Waals surface area contributed by atoms with E-state index >= 15 is 0 Å². The van der Waals surface area contributed by atoms with Crippen LogP contribution in [0.3, 0.4) is 0 Å². The van der Waals surface area contributed by atoms with Crippen LogP contribution in [0, 0.1) is 13.8 Å². The highest BCUT2D eigenvalue weighted by Crippen LogP contribution is 2.22. The Morgan fingerprint density at radius 2 is 1.93 bits per heavy atom. The van der Waals surface area contributed by atoms with Gasteiger partial charge in [0.25, 0.3) is 0 Å². The van der Waals surface area contributed by atoms with Crippen molar-refractivity contribution < 1.29 is 9.53 Å². The normalized spacial score (nSPS) is 10.7. The molecule has 0 saturated carbocycles. The first-order chi connectivity index (χ1) is 13.6. The molecule has 1 aromatic heterocycles. The number of benzene rings is 2. The number of nitrogens with zero attached hydrogens (tertiary/aromatic N) is 3. The molecule has 1 N–H and O–H groups in total. The van der Waals surface area contributed by atoms with Gasteiger partial charge in [0.1, 0.15) is 12.4 Å². The van der Waals surface area contributed by atoms with Crippen LogP contribution in [-0.4, -0.2) is 26.4 Å². The Balaban J connectivity index is 1.59. The fraction of sp³-hybridized carbons (Fsp3) is 0.286. The van der Waals surface area contributed by atoms with E-state index in [4.69, 9.17) is 4.74 Å². The molecule has 3 aromatic rings. The van der Waals surface area contributed by atoms with Gasteiger partial charge in [-0.15, -0.1) is 10.2 Å². The number of para-hydroxylation sites is 1. The van der Waals surface area contributed by atoms with E-state index in [1.165, 1.54) is 17.3 Å². The van der Waals surface area contributed by atoms with E-state index in [0.717, 1.165) is 22.8 Å². The molecule has 7 heteroatoms. The zero-order valence-corrected chi connectivity index (χ0v) is 17.1. The third kappa shape index (κ3) is 5.13. The molecule has 1 amide bonds. The lowest BCUT2D eigenvalue weighted by atomic mass is 10.1. The van der Waals surface area contributed by atoms with E-state index in [-0.39, 0.29) is 11.7 Å². The summed E-state index contributed by atoms with van der Waals surface area (Å²) in [6.07, 6.45) is 0. The molecular weight excluding hydrogens is 372 g/mol. The van der Waals surface area contributed by atoms with Gasteiger partial charge >= 0.3 is 0 Å². The Labute approximate surface area is 169 Å². The molecule has 3 rings (SSSR count). The molecule has 0 aliphatic carbocycles. The van der Waals surface area contributed by atoms with Crippen LogP contribution in [0.5, 0.6) is 5.75 Å². The Bertz CT molecular complexity index is 941. The molecule has 0 atom stereocenters. The minimum Gasteiger partial charge on any atom is -0.485 e. The summed E-state index contributed by atoms with van der Waals surface area (Å²) in [6.45, 7) is 7.16. The van der Waals surface area contributed by atoms with Gasteiger partial charge in [-0.25, -0.2) is 0 Å². The van der Waals surface area contributed by atoms with Crippen LogP contribution in [0.2, 0.25) is 0 Å². The number of carbonyl (C=O) groups excluding carboxylic acids is 1. The van der Waals surface area contributed by atoms with Crippen LogP contribution in [0.15, 0.2) is 53.7 Å². The molecule has 146 valence electrons. The first-order valence-electron chi connectivity index (χ1n) is 9.16. The molecule has 0 saturated heterocycles. The van der Waals surface area contributed by atoms with Crippen molar-refractivity contribution in [3.63, 3.8) is 0 Å². The maximum Gasteiger partial charge on any atom is 0.234 e. The summed E-state index contributed by atoms with van der Waals surface area (Å²) in [7, 11) is 0. The van der Waals surface area contributed by atoms with Crippen LogP contribution in [0.25, 0.3) is 0 Å². The minimum absolute atomic E-state index is 0.0741. The molecule has 0 bridgehead atoms. The van der Waals surface area contributed by atoms with E-state index in [1.807, 2.05) is 60.9 Å². The van der Waals surface area contributed by atoms with Gasteiger partial charge in [0.05, 0.1) is 5.75 Å². The summed E-state index contributed by atoms with van der Waals surface area (Å²) in [5.41, 5.74) is 3.08. The maximum atomic E-state index is 12.2. The van der Waals surface area contributed by atoms with E-state index < -0.39 is 0 Å². The molecule has 0 radical (unpaired) electrons. The Hall–Kier alpha value is -2.80. The number of rotatable bonds is 8. The lowest BCUT2D eigenvalue weighted by Gasteiger charge is -2.11. The number of hydrogen-bond donors (Lipinski definition) is 1. The lowest BCUT2D eigenvalue weighted by Crippen LogP contribution is -2.14. The number of aryl methyl sites for hydroxylation is 2. The average molecular weight is 397 g/mol. The highest BCUT2D eigenvalue weighted by Gasteiger charge is 2.14. The minimum atomic E-state index is -0.0741. The van der Waals surface area contributed by atoms with Gasteiger partial charge < -0.3 is 14.6 Å². The topological polar surface area (TPSA) is 69.0 Å². The van der Waals surface area contributed by atoms with Crippen molar-refractivity contribution in [3.8, 4) is 5.75 Å². The predicted octanol–water partition coefficient (Wildman–Crippen LogP) is 4.22. The van der Waals surface area contributed by atoms with Crippen molar-refractivity contribution in [2.75, 3.05) is 11.1 Å². The Kier molecular flexibility index (Phi) is 6.71. The smallest absolute Gasteiger partial charge is 0.234 e. The molecular formula is C21H24N4O2S. The fourth-order valence-corrected chi connectivity index (χ4v) is 3.62. The number of nitrogens with one attached hydrogen (secondary N) is 1. The van der Waals surface area contributed by atoms with E-state index in [9.17, 15) is 4.79 Å². The molecule has 0 aliphatic heterocycles. The predicted molar refractivity (Wildman–Crippen MR) is 112 cm³/mol. The number of thioether (sulfide) groups is 1. The standard InChI is InChI=1S/C21H24N4O2S/c1-4-25-19(13-27-18-11-10-15(2)12-16(18)3)23-24-21(25)28-14-20(26)22-17-8-6-5-7-9-17/h5-12H,4,13-14H2,1-3H3,(H,22,26). The van der Waals surface area contributed by atoms with Gasteiger partial charge in [0, 0.05) is 12.2 Å². The van der Waals surface area contributed by atoms with Crippen LogP contribution in [0.4, 0.5) is 5.69 Å². The third-order valence-corrected chi connectivity index (χ3v) is 5.15. The number of carbonyl (C=O) groups is 1. The quantitative estimate of drug-likeness (QED) is 0.577. The van der Waals surface area contributed by atoms with Gasteiger partial charge in [-0.3, -0.25) is 4.79 Å². The average Bonchev–Trinajstić information content (AvgIpc) is 3.08. The largest absolute Gasteiger partial charge is 0.485 e. The van der Waals surface area contributed by atoms with Crippen molar-refractivity contribution in [1.29, 1.82) is 0 Å². The second-order valence-electron chi connectivity index (χ2n) is 6.40. The second-order valence-corrected chi connectivity index (χ2v) is 7.35. The number of aromatic nitrogens is 3. The Morgan fingerprint density at radius 3 is 2.64 bits per heavy atom. The zero-order valence-electron chi connectivity index (χ0n) is 16.3. The van der Waals surface area contributed by atoms with Gasteiger partial charge in [-0.05, 0) is 44.5 Å². The summed E-state index contributed by atoms with van der Waals surface area (Å²) in [6, 6.07) is 15.5. The fourth-order valence-electron chi connectivity index (χ4n) is 2.80. The maximum absolute atomic E-state index is 12.2. The SMILES string of the molecule is CCn1c(COc2ccc(C)cc2C)nnc1SCC(=O)Nc1ccccc1. The summed E-state index contributed by atoms with van der Waals surface area (Å²) in [5, 5.41) is 12.1. The van der Waals surface area contributed by atoms with E-state index in [2.05, 4.69) is 28.5 Å². The Morgan fingerprint density at radius 1 is 1.14 bits per heavy atom. The first-order valence-corrected chi connectivity index (χ1v) is 10.1. The summed E-state index contributed by atoms with van der Waals surface area (Å²) in [4.78, 5) is 12.2. The highest BCUT2D eigenvalue weighted by molar-refractivity contribution is 7.99. The summed E-state index contributed by atoms with van der Waals surface area (Å²) >= 11 is 1.37. The third-order valence-electron chi connectivity index (χ3n) is 4.19. The van der Waals surface area contributed by atoms with Gasteiger partial charge in [0.15, 0.2) is 11.0 Å². The molecule has 28 heavy (non-hydrogen) atoms. The molecule has 1 heterocycles. The number of anilines is 1. The number of amides is 1. The summed E-state index contributed by atoms with van der Waals surface area (Å²) in [5.74, 6) is 1.78. The van der Waals surface area contributed by atoms with Crippen LogP contribution in [-0.2, 0) is 17.9 Å². The molecule has 2 aromatic carbocycles. The molecule has 0 spiro atoms. The lowest BCUT2D eigenvalue weighted by molar-refractivity contribution is -0.113. The zero-order chi connectivity index (χ0) is 19.9. The molecule has 0 unspecified atom stereocenters. The van der Waals surface area contributed by atoms with Gasteiger partial charge in [-0.1, -0.05) is 47.7 Å². The van der Waals surface area contributed by atoms with E-state index in [1.54, 1.807) is 0 Å². The number of ether oxygens (including phenoxy) is 1. The van der Waals surface area contributed by atoms with Crippen molar-refractivity contribution >= 4 is 23.4 Å². The van der Waals surface area contributed by atoms with Crippen molar-refractivity contribution in [1.82, 2.24) is 14.8 Å². The molecule has 6 nitrogen and oxygen atoms in total. The van der Waals surface area contributed by atoms with Crippen molar-refractivity contribution in [2.45, 2.75) is 39.1 Å². The second kappa shape index (κ2) is 9.41. The van der Waals surface area contributed by atoms with Crippen LogP contribution < -0.4 is 10.1 Å². The van der Waals surface area contributed by atoms with Crippen LogP contribution in [0.1, 0.15) is 23.9 Å². The number of hydrogen-bond acceptors (Lipinski definition) is 5. The van der Waals surface area contributed by atoms with Gasteiger partial charge in [-0.2, -0.15) is 0 Å². The molecule has 0 aliphatic rings. The molecule has 0 fully saturated rings. The van der Waals surface area contributed by atoms with E-state index in [0.29, 0.717) is 18.3 Å². The van der Waals surface area contributed by atoms with Crippen LogP contribution >= 0.6 is 11.8 Å². The van der Waals surface area contributed by atoms with Crippen molar-refractivity contribution in [3.05, 3.63) is 65.5 Å². The highest BCUT2D eigenvalue weighted by atomic mass is 32.2.